The van der Waals surface area contributed by atoms with Crippen LogP contribution in [0.5, 0.6) is 5.75 Å². The monoisotopic (exact) mass is 329 g/mol. The summed E-state index contributed by atoms with van der Waals surface area (Å²) in [6.45, 7) is 3.44. The maximum atomic E-state index is 12.3. The Bertz CT molecular complexity index is 798. The molecule has 1 amide bonds. The maximum Gasteiger partial charge on any atom is 0.270 e. The molecule has 7 heteroatoms. The first-order valence-electron chi connectivity index (χ1n) is 7.04. The largest absolute Gasteiger partial charge is 0.481 e. The van der Waals surface area contributed by atoms with Crippen LogP contribution >= 0.6 is 11.3 Å². The summed E-state index contributed by atoms with van der Waals surface area (Å²) in [6, 6.07) is 11.0. The Morgan fingerprint density at radius 3 is 2.78 bits per heavy atom. The maximum absolute atomic E-state index is 12.3. The van der Waals surface area contributed by atoms with Crippen molar-refractivity contribution in [1.82, 2.24) is 10.1 Å². The molecule has 0 saturated heterocycles. The van der Waals surface area contributed by atoms with Gasteiger partial charge in [0.2, 0.25) is 0 Å². The molecule has 6 nitrogen and oxygen atoms in total. The second-order valence-electron chi connectivity index (χ2n) is 4.87. The lowest BCUT2D eigenvalue weighted by Gasteiger charge is -2.14. The second-order valence-corrected chi connectivity index (χ2v) is 5.79. The van der Waals surface area contributed by atoms with E-state index in [0.717, 1.165) is 4.88 Å². The van der Waals surface area contributed by atoms with Crippen LogP contribution in [0, 0.1) is 6.92 Å². The van der Waals surface area contributed by atoms with Gasteiger partial charge in [0.15, 0.2) is 11.9 Å². The Morgan fingerprint density at radius 2 is 2.09 bits per heavy atom. The molecule has 2 aromatic heterocycles. The van der Waals surface area contributed by atoms with Crippen molar-refractivity contribution < 1.29 is 14.1 Å². The molecule has 0 aliphatic heterocycles. The predicted octanol–water partition coefficient (Wildman–Crippen LogP) is 3.51. The zero-order chi connectivity index (χ0) is 16.2. The highest BCUT2D eigenvalue weighted by Gasteiger charge is 2.19. The van der Waals surface area contributed by atoms with Gasteiger partial charge in [-0.15, -0.1) is 11.3 Å². The summed E-state index contributed by atoms with van der Waals surface area (Å²) in [4.78, 5) is 17.2. The number of benzene rings is 1. The lowest BCUT2D eigenvalue weighted by molar-refractivity contribution is -0.122. The van der Waals surface area contributed by atoms with Gasteiger partial charge in [-0.25, -0.2) is 0 Å². The van der Waals surface area contributed by atoms with Gasteiger partial charge < -0.3 is 14.6 Å². The van der Waals surface area contributed by atoms with Gasteiger partial charge in [-0.3, -0.25) is 4.79 Å². The van der Waals surface area contributed by atoms with E-state index < -0.39 is 6.10 Å². The zero-order valence-electron chi connectivity index (χ0n) is 12.6. The zero-order valence-corrected chi connectivity index (χ0v) is 13.5. The Morgan fingerprint density at radius 1 is 1.30 bits per heavy atom. The summed E-state index contributed by atoms with van der Waals surface area (Å²) in [5.41, 5.74) is 0.632. The van der Waals surface area contributed by atoms with E-state index in [1.54, 1.807) is 32.0 Å². The molecule has 0 fully saturated rings. The van der Waals surface area contributed by atoms with Crippen LogP contribution in [0.25, 0.3) is 10.8 Å². The van der Waals surface area contributed by atoms with Crippen molar-refractivity contribution >= 4 is 22.9 Å². The topological polar surface area (TPSA) is 77.2 Å². The van der Waals surface area contributed by atoms with Crippen LogP contribution < -0.4 is 10.1 Å². The van der Waals surface area contributed by atoms with Crippen LogP contribution in [0.4, 0.5) is 5.69 Å². The summed E-state index contributed by atoms with van der Waals surface area (Å²) in [6.07, 6.45) is -0.630. The molecule has 0 aliphatic carbocycles. The van der Waals surface area contributed by atoms with Gasteiger partial charge in [-0.1, -0.05) is 23.4 Å². The molecule has 1 N–H and O–H groups in total. The number of anilines is 1. The average molecular weight is 329 g/mol. The van der Waals surface area contributed by atoms with Crippen LogP contribution in [-0.2, 0) is 4.79 Å². The lowest BCUT2D eigenvalue weighted by Crippen LogP contribution is -2.30. The summed E-state index contributed by atoms with van der Waals surface area (Å²) in [5.74, 6) is 1.34. The third kappa shape index (κ3) is 3.57. The van der Waals surface area contributed by atoms with Crippen molar-refractivity contribution in [3.63, 3.8) is 0 Å². The van der Waals surface area contributed by atoms with Crippen molar-refractivity contribution in [2.24, 2.45) is 0 Å². The number of aryl methyl sites for hydroxylation is 1. The van der Waals surface area contributed by atoms with E-state index in [0.29, 0.717) is 23.2 Å². The van der Waals surface area contributed by atoms with Gasteiger partial charge in [0.05, 0.1) is 5.69 Å². The number of aromatic nitrogens is 2. The number of rotatable bonds is 5. The molecule has 1 unspecified atom stereocenters. The molecule has 0 radical (unpaired) electrons. The van der Waals surface area contributed by atoms with E-state index in [9.17, 15) is 4.79 Å². The smallest absolute Gasteiger partial charge is 0.270 e. The van der Waals surface area contributed by atoms with E-state index in [-0.39, 0.29) is 5.91 Å². The van der Waals surface area contributed by atoms with Crippen molar-refractivity contribution in [3.05, 3.63) is 47.6 Å². The van der Waals surface area contributed by atoms with Crippen LogP contribution in [0.1, 0.15) is 12.7 Å². The Balaban J connectivity index is 1.70. The molecule has 3 aromatic rings. The van der Waals surface area contributed by atoms with Crippen molar-refractivity contribution in [3.8, 4) is 16.5 Å². The van der Waals surface area contributed by atoms with Gasteiger partial charge in [0.25, 0.3) is 11.8 Å². The number of nitrogens with zero attached hydrogens (tertiary/aromatic N) is 2. The Hall–Kier alpha value is -2.67. The third-order valence-corrected chi connectivity index (χ3v) is 3.97. The van der Waals surface area contributed by atoms with Gasteiger partial charge in [0, 0.05) is 0 Å². The predicted molar refractivity (Wildman–Crippen MR) is 87.5 cm³/mol. The quantitative estimate of drug-likeness (QED) is 0.775. The number of carbonyl (C=O) groups is 1. The number of amides is 1. The van der Waals surface area contributed by atoms with E-state index in [1.807, 2.05) is 23.6 Å². The molecule has 0 spiro atoms. The van der Waals surface area contributed by atoms with Crippen molar-refractivity contribution in [2.75, 3.05) is 5.32 Å². The minimum atomic E-state index is -0.630. The number of hydrogen-bond acceptors (Lipinski definition) is 6. The summed E-state index contributed by atoms with van der Waals surface area (Å²) in [7, 11) is 0. The fourth-order valence-corrected chi connectivity index (χ4v) is 2.72. The van der Waals surface area contributed by atoms with Crippen LogP contribution in [0.2, 0.25) is 0 Å². The second kappa shape index (κ2) is 6.62. The van der Waals surface area contributed by atoms with E-state index in [4.69, 9.17) is 9.26 Å². The van der Waals surface area contributed by atoms with Gasteiger partial charge in [-0.2, -0.15) is 4.98 Å². The van der Waals surface area contributed by atoms with Crippen LogP contribution in [0.15, 0.2) is 46.3 Å². The standard InChI is InChI=1S/C16H15N3O3S/c1-10(21-12-6-4-3-5-7-12)15(20)18-13-8-9-23-14(13)16-17-11(2)19-22-16/h3-10H,1-2H3,(H,18,20). The molecular weight excluding hydrogens is 314 g/mol. The molecule has 1 atom stereocenters. The first-order chi connectivity index (χ1) is 11.1. The number of thiophene rings is 1. The highest BCUT2D eigenvalue weighted by atomic mass is 32.1. The average Bonchev–Trinajstić information content (AvgIpc) is 3.17. The highest BCUT2D eigenvalue weighted by Crippen LogP contribution is 2.32. The highest BCUT2D eigenvalue weighted by molar-refractivity contribution is 7.14. The molecule has 0 aliphatic rings. The molecule has 1 aromatic carbocycles. The number of carbonyl (C=O) groups excluding carboxylic acids is 1. The SMILES string of the molecule is Cc1noc(-c2sccc2NC(=O)C(C)Oc2ccccc2)n1. The van der Waals surface area contributed by atoms with E-state index >= 15 is 0 Å². The Kier molecular flexibility index (Phi) is 4.38. The van der Waals surface area contributed by atoms with E-state index in [2.05, 4.69) is 15.5 Å². The lowest BCUT2D eigenvalue weighted by atomic mass is 10.3. The van der Waals surface area contributed by atoms with Crippen LogP contribution in [-0.4, -0.2) is 22.2 Å². The number of hydrogen-bond donors (Lipinski definition) is 1. The molecular formula is C16H15N3O3S. The van der Waals surface area contributed by atoms with Gasteiger partial charge in [-0.05, 0) is 37.4 Å². The first-order valence-corrected chi connectivity index (χ1v) is 7.92. The fraction of sp³-hybridized carbons (Fsp3) is 0.188. The normalized spacial score (nSPS) is 11.9. The Labute approximate surface area is 137 Å². The summed E-state index contributed by atoms with van der Waals surface area (Å²) >= 11 is 1.42. The summed E-state index contributed by atoms with van der Waals surface area (Å²) in [5, 5.41) is 8.46. The summed E-state index contributed by atoms with van der Waals surface area (Å²) < 4.78 is 10.8. The van der Waals surface area contributed by atoms with E-state index in [1.165, 1.54) is 11.3 Å². The molecule has 118 valence electrons. The first kappa shape index (κ1) is 15.2. The number of nitrogens with one attached hydrogen (secondary N) is 1. The van der Waals surface area contributed by atoms with Gasteiger partial charge >= 0.3 is 0 Å². The molecule has 0 bridgehead atoms. The number of ether oxygens (including phenoxy) is 1. The van der Waals surface area contributed by atoms with Crippen molar-refractivity contribution in [2.45, 2.75) is 20.0 Å². The third-order valence-electron chi connectivity index (χ3n) is 3.07. The van der Waals surface area contributed by atoms with Crippen molar-refractivity contribution in [1.29, 1.82) is 0 Å². The minimum absolute atomic E-state index is 0.246. The molecule has 0 saturated carbocycles. The van der Waals surface area contributed by atoms with Gasteiger partial charge in [0.1, 0.15) is 10.6 Å². The minimum Gasteiger partial charge on any atom is -0.481 e. The van der Waals surface area contributed by atoms with Crippen LogP contribution in [0.3, 0.4) is 0 Å². The molecule has 3 rings (SSSR count). The fourth-order valence-electron chi connectivity index (χ4n) is 1.95. The molecule has 2 heterocycles. The number of para-hydroxylation sites is 1. The molecule has 23 heavy (non-hydrogen) atoms.